The summed E-state index contributed by atoms with van der Waals surface area (Å²) in [6.45, 7) is 0.813. The highest BCUT2D eigenvalue weighted by Gasteiger charge is 2.32. The lowest BCUT2D eigenvalue weighted by Crippen LogP contribution is -2.36. The van der Waals surface area contributed by atoms with Crippen LogP contribution in [0.2, 0.25) is 0 Å². The van der Waals surface area contributed by atoms with Gasteiger partial charge in [-0.05, 0) is 19.3 Å². The van der Waals surface area contributed by atoms with E-state index in [4.69, 9.17) is 4.74 Å². The molecule has 21 heavy (non-hydrogen) atoms. The van der Waals surface area contributed by atoms with Crippen LogP contribution in [0.3, 0.4) is 0 Å². The Kier molecular flexibility index (Phi) is 5.26. The molecule has 0 aliphatic carbocycles. The Bertz CT molecular complexity index is 571. The number of ether oxygens (including phenoxy) is 1. The summed E-state index contributed by atoms with van der Waals surface area (Å²) >= 11 is 0. The average molecular weight is 339 g/mol. The number of carbonyl (C=O) groups excluding carboxylic acids is 1. The molecule has 2 heterocycles. The van der Waals surface area contributed by atoms with Crippen molar-refractivity contribution in [3.8, 4) is 0 Å². The minimum Gasteiger partial charge on any atom is -0.377 e. The van der Waals surface area contributed by atoms with E-state index in [2.05, 4.69) is 0 Å². The highest BCUT2D eigenvalue weighted by molar-refractivity contribution is 7.91. The van der Waals surface area contributed by atoms with E-state index in [0.29, 0.717) is 38.8 Å². The van der Waals surface area contributed by atoms with Gasteiger partial charge in [-0.25, -0.2) is 16.8 Å². The third kappa shape index (κ3) is 4.93. The largest absolute Gasteiger partial charge is 0.377 e. The van der Waals surface area contributed by atoms with Gasteiger partial charge in [-0.3, -0.25) is 4.79 Å². The number of carbonyl (C=O) groups is 1. The van der Waals surface area contributed by atoms with E-state index >= 15 is 0 Å². The first-order chi connectivity index (χ1) is 9.81. The Morgan fingerprint density at radius 2 is 1.71 bits per heavy atom. The standard InChI is InChI=1S/C12H21NO6S2/c14-10-13(11-2-6-20(15,16)8-11)4-1-5-19-12-3-7-21(17,18)9-12/h10-12H,1-9H2/t11-,12-/m0/s1. The molecule has 7 nitrogen and oxygen atoms in total. The van der Waals surface area contributed by atoms with Crippen molar-refractivity contribution in [3.05, 3.63) is 0 Å². The molecule has 0 spiro atoms. The molecule has 0 aromatic carbocycles. The van der Waals surface area contributed by atoms with Gasteiger partial charge in [0.05, 0.1) is 29.1 Å². The topological polar surface area (TPSA) is 97.8 Å². The normalized spacial score (nSPS) is 30.3. The molecule has 0 radical (unpaired) electrons. The average Bonchev–Trinajstić information content (AvgIpc) is 2.92. The molecule has 0 N–H and O–H groups in total. The summed E-state index contributed by atoms with van der Waals surface area (Å²) in [7, 11) is -5.94. The van der Waals surface area contributed by atoms with Crippen molar-refractivity contribution in [1.29, 1.82) is 0 Å². The van der Waals surface area contributed by atoms with Gasteiger partial charge in [0.1, 0.15) is 0 Å². The third-order valence-electron chi connectivity index (χ3n) is 3.92. The van der Waals surface area contributed by atoms with Gasteiger partial charge in [-0.2, -0.15) is 0 Å². The Hall–Kier alpha value is -0.670. The van der Waals surface area contributed by atoms with E-state index in [9.17, 15) is 21.6 Å². The molecule has 2 aliphatic heterocycles. The summed E-state index contributed by atoms with van der Waals surface area (Å²) < 4.78 is 50.8. The van der Waals surface area contributed by atoms with Crippen molar-refractivity contribution in [2.75, 3.05) is 36.2 Å². The molecule has 0 aromatic heterocycles. The van der Waals surface area contributed by atoms with Crippen LogP contribution in [-0.4, -0.2) is 76.5 Å². The van der Waals surface area contributed by atoms with Crippen molar-refractivity contribution >= 4 is 26.1 Å². The van der Waals surface area contributed by atoms with Crippen LogP contribution < -0.4 is 0 Å². The van der Waals surface area contributed by atoms with Crippen molar-refractivity contribution in [2.45, 2.75) is 31.4 Å². The number of hydrogen-bond acceptors (Lipinski definition) is 6. The fourth-order valence-corrected chi connectivity index (χ4v) is 6.11. The minimum atomic E-state index is -3.01. The van der Waals surface area contributed by atoms with Crippen molar-refractivity contribution in [3.63, 3.8) is 0 Å². The Morgan fingerprint density at radius 1 is 1.05 bits per heavy atom. The summed E-state index contributed by atoms with van der Waals surface area (Å²) in [4.78, 5) is 12.6. The molecule has 2 saturated heterocycles. The molecule has 2 fully saturated rings. The maximum Gasteiger partial charge on any atom is 0.209 e. The van der Waals surface area contributed by atoms with Crippen LogP contribution >= 0.6 is 0 Å². The molecule has 1 amide bonds. The molecule has 9 heteroatoms. The summed E-state index contributed by atoms with van der Waals surface area (Å²) in [5.41, 5.74) is 0. The van der Waals surface area contributed by atoms with Crippen LogP contribution in [0, 0.1) is 0 Å². The quantitative estimate of drug-likeness (QED) is 0.446. The zero-order valence-corrected chi connectivity index (χ0v) is 13.4. The first-order valence-electron chi connectivity index (χ1n) is 7.05. The lowest BCUT2D eigenvalue weighted by Gasteiger charge is -2.23. The van der Waals surface area contributed by atoms with Crippen LogP contribution in [0.15, 0.2) is 0 Å². The Balaban J connectivity index is 1.69. The van der Waals surface area contributed by atoms with Gasteiger partial charge in [0, 0.05) is 19.2 Å². The smallest absolute Gasteiger partial charge is 0.209 e. The van der Waals surface area contributed by atoms with Gasteiger partial charge in [0.25, 0.3) is 0 Å². The van der Waals surface area contributed by atoms with Crippen LogP contribution in [0.5, 0.6) is 0 Å². The first kappa shape index (κ1) is 16.7. The van der Waals surface area contributed by atoms with Gasteiger partial charge in [0.15, 0.2) is 19.7 Å². The van der Waals surface area contributed by atoms with Crippen LogP contribution in [0.1, 0.15) is 19.3 Å². The Morgan fingerprint density at radius 3 is 2.24 bits per heavy atom. The van der Waals surface area contributed by atoms with Gasteiger partial charge >= 0.3 is 0 Å². The first-order valence-corrected chi connectivity index (χ1v) is 10.7. The molecule has 0 saturated carbocycles. The van der Waals surface area contributed by atoms with Gasteiger partial charge < -0.3 is 9.64 Å². The second-order valence-corrected chi connectivity index (χ2v) is 10.1. The minimum absolute atomic E-state index is 0.0352. The molecule has 2 atom stereocenters. The van der Waals surface area contributed by atoms with Gasteiger partial charge in [-0.1, -0.05) is 0 Å². The Labute approximate surface area is 125 Å². The molecule has 0 unspecified atom stereocenters. The molecular weight excluding hydrogens is 318 g/mol. The summed E-state index contributed by atoms with van der Waals surface area (Å²) in [6.07, 6.45) is 2.03. The van der Waals surface area contributed by atoms with E-state index in [1.54, 1.807) is 0 Å². The van der Waals surface area contributed by atoms with E-state index in [-0.39, 0.29) is 35.2 Å². The molecular formula is C12H21NO6S2. The second-order valence-electron chi connectivity index (χ2n) is 5.65. The van der Waals surface area contributed by atoms with Gasteiger partial charge in [-0.15, -0.1) is 0 Å². The maximum atomic E-state index is 11.4. The van der Waals surface area contributed by atoms with Crippen LogP contribution in [0.25, 0.3) is 0 Å². The lowest BCUT2D eigenvalue weighted by atomic mass is 10.2. The zero-order chi connectivity index (χ0) is 15.5. The van der Waals surface area contributed by atoms with Crippen LogP contribution in [-0.2, 0) is 29.2 Å². The predicted molar refractivity (Wildman–Crippen MR) is 77.5 cm³/mol. The number of amides is 1. The lowest BCUT2D eigenvalue weighted by molar-refractivity contribution is -0.120. The van der Waals surface area contributed by atoms with E-state index < -0.39 is 19.7 Å². The second kappa shape index (κ2) is 6.62. The van der Waals surface area contributed by atoms with E-state index in [0.717, 1.165) is 0 Å². The zero-order valence-electron chi connectivity index (χ0n) is 11.8. The third-order valence-corrected chi connectivity index (χ3v) is 7.41. The molecule has 0 bridgehead atoms. The number of nitrogens with zero attached hydrogens (tertiary/aromatic N) is 1. The summed E-state index contributed by atoms with van der Waals surface area (Å²) in [5, 5.41) is 0. The summed E-state index contributed by atoms with van der Waals surface area (Å²) in [6, 6.07) is -0.237. The van der Waals surface area contributed by atoms with E-state index in [1.165, 1.54) is 4.90 Å². The molecule has 0 aromatic rings. The SMILES string of the molecule is O=CN(CCCO[C@H]1CCS(=O)(=O)C1)[C@H]1CCS(=O)(=O)C1. The highest BCUT2D eigenvalue weighted by Crippen LogP contribution is 2.17. The molecule has 122 valence electrons. The van der Waals surface area contributed by atoms with E-state index in [1.807, 2.05) is 0 Å². The number of rotatable bonds is 7. The molecule has 2 aliphatic rings. The van der Waals surface area contributed by atoms with Crippen molar-refractivity contribution in [1.82, 2.24) is 4.90 Å². The molecule has 2 rings (SSSR count). The predicted octanol–water partition coefficient (Wildman–Crippen LogP) is -0.774. The summed E-state index contributed by atoms with van der Waals surface area (Å²) in [5.74, 6) is 0.426. The fraction of sp³-hybridized carbons (Fsp3) is 0.917. The van der Waals surface area contributed by atoms with Crippen molar-refractivity contribution < 1.29 is 26.4 Å². The van der Waals surface area contributed by atoms with Gasteiger partial charge in [0.2, 0.25) is 6.41 Å². The number of sulfone groups is 2. The van der Waals surface area contributed by atoms with Crippen LogP contribution in [0.4, 0.5) is 0 Å². The van der Waals surface area contributed by atoms with Crippen molar-refractivity contribution in [2.24, 2.45) is 0 Å². The highest BCUT2D eigenvalue weighted by atomic mass is 32.2. The maximum absolute atomic E-state index is 11.4. The fourth-order valence-electron chi connectivity index (χ4n) is 2.75. The number of hydrogen-bond donors (Lipinski definition) is 0. The monoisotopic (exact) mass is 339 g/mol.